The Morgan fingerprint density at radius 3 is 3.08 bits per heavy atom. The van der Waals surface area contributed by atoms with Crippen LogP contribution in [0.1, 0.15) is 0 Å². The number of hydrogen-bond acceptors (Lipinski definition) is 1. The van der Waals surface area contributed by atoms with Crippen LogP contribution in [0.15, 0.2) is 23.9 Å². The summed E-state index contributed by atoms with van der Waals surface area (Å²) in [5, 5.41) is 10.2. The summed E-state index contributed by atoms with van der Waals surface area (Å²) in [5.41, 5.74) is 1.11. The van der Waals surface area contributed by atoms with E-state index in [-0.39, 0.29) is 0 Å². The van der Waals surface area contributed by atoms with Gasteiger partial charge in [-0.2, -0.15) is 5.06 Å². The fourth-order valence-corrected chi connectivity index (χ4v) is 2.26. The Bertz CT molecular complexity index is 259. The van der Waals surface area contributed by atoms with Crippen LogP contribution in [-0.2, 0) is 0 Å². The summed E-state index contributed by atoms with van der Waals surface area (Å²) in [5.74, 6) is 1.17. The summed E-state index contributed by atoms with van der Waals surface area (Å²) in [7, 11) is 1.09. The van der Waals surface area contributed by atoms with Crippen LogP contribution in [0.2, 0.25) is 0 Å². The third-order valence-electron chi connectivity index (χ3n) is 2.55. The van der Waals surface area contributed by atoms with Crippen molar-refractivity contribution < 1.29 is 10.3 Å². The maximum absolute atomic E-state index is 9.60. The lowest BCUT2D eigenvalue weighted by atomic mass is 9.79. The van der Waals surface area contributed by atoms with E-state index < -0.39 is 0 Å². The molecule has 0 aromatic carbocycles. The molecule has 2 rings (SSSR count). The zero-order valence-electron chi connectivity index (χ0n) is 6.90. The Labute approximate surface area is 73.9 Å². The average Bonchev–Trinajstić information content (AvgIpc) is 2.03. The zero-order chi connectivity index (χ0) is 8.55. The van der Waals surface area contributed by atoms with Crippen molar-refractivity contribution in [3.8, 4) is 0 Å². The maximum Gasteiger partial charge on any atom is 0.144 e. The second kappa shape index (κ2) is 3.14. The van der Waals surface area contributed by atoms with Crippen LogP contribution in [0.25, 0.3) is 0 Å². The van der Waals surface area contributed by atoms with Crippen LogP contribution in [0.3, 0.4) is 0 Å². The molecule has 2 aliphatic rings. The van der Waals surface area contributed by atoms with Gasteiger partial charge in [-0.1, -0.05) is 18.5 Å². The fraction of sp³-hybridized carbons (Fsp3) is 0.444. The molecule has 1 heterocycles. The summed E-state index contributed by atoms with van der Waals surface area (Å²) < 4.78 is 0. The monoisotopic (exact) mass is 182 g/mol. The van der Waals surface area contributed by atoms with Gasteiger partial charge in [0.15, 0.2) is 0 Å². The summed E-state index contributed by atoms with van der Waals surface area (Å²) in [6.45, 7) is 0.836. The van der Waals surface area contributed by atoms with Crippen LogP contribution in [0.4, 0.5) is 0 Å². The number of hydroxylamine groups is 2. The van der Waals surface area contributed by atoms with Crippen molar-refractivity contribution in [3.05, 3.63) is 23.9 Å². The predicted molar refractivity (Wildman–Crippen MR) is 50.7 cm³/mol. The SMILES string of the molecule is C=PCC1=CC2C=CC2C[NH+]1O. The van der Waals surface area contributed by atoms with Gasteiger partial charge in [-0.15, -0.1) is 8.20 Å². The highest BCUT2D eigenvalue weighted by atomic mass is 31.1. The molecule has 0 aromatic rings. The Balaban J connectivity index is 2.14. The van der Waals surface area contributed by atoms with E-state index in [9.17, 15) is 5.21 Å². The zero-order valence-corrected chi connectivity index (χ0v) is 7.80. The number of nitrogens with one attached hydrogen (secondary N) is 1. The number of quaternary nitrogens is 1. The van der Waals surface area contributed by atoms with Gasteiger partial charge in [-0.25, -0.2) is 5.21 Å². The third kappa shape index (κ3) is 1.27. The summed E-state index contributed by atoms with van der Waals surface area (Å²) >= 11 is 0. The minimum absolute atomic E-state index is 0.579. The van der Waals surface area contributed by atoms with Gasteiger partial charge in [0.1, 0.15) is 12.2 Å². The molecule has 12 heavy (non-hydrogen) atoms. The minimum atomic E-state index is 0.579. The van der Waals surface area contributed by atoms with E-state index in [4.69, 9.17) is 0 Å². The normalized spacial score (nSPS) is 38.8. The molecule has 0 fully saturated rings. The van der Waals surface area contributed by atoms with Gasteiger partial charge in [0.05, 0.1) is 6.16 Å². The molecular formula is C9H13NOP+. The van der Waals surface area contributed by atoms with Crippen LogP contribution in [-0.4, -0.2) is 24.2 Å². The van der Waals surface area contributed by atoms with E-state index in [0.29, 0.717) is 16.9 Å². The molecule has 1 aliphatic heterocycles. The smallest absolute Gasteiger partial charge is 0.144 e. The molecule has 0 saturated heterocycles. The van der Waals surface area contributed by atoms with E-state index in [1.54, 1.807) is 0 Å². The van der Waals surface area contributed by atoms with Gasteiger partial charge in [0, 0.05) is 11.8 Å². The molecule has 1 aliphatic carbocycles. The molecule has 0 radical (unpaired) electrons. The Hall–Kier alpha value is -0.430. The lowest BCUT2D eigenvalue weighted by Crippen LogP contribution is -3.10. The molecule has 0 amide bonds. The molecule has 0 bridgehead atoms. The summed E-state index contributed by atoms with van der Waals surface area (Å²) in [6.07, 6.45) is 11.2. The lowest BCUT2D eigenvalue weighted by molar-refractivity contribution is -1.06. The van der Waals surface area contributed by atoms with Crippen molar-refractivity contribution in [1.82, 2.24) is 0 Å². The van der Waals surface area contributed by atoms with Gasteiger partial charge in [-0.05, 0) is 6.08 Å². The second-order valence-corrected chi connectivity index (χ2v) is 4.11. The van der Waals surface area contributed by atoms with Crippen LogP contribution in [0, 0.1) is 11.8 Å². The molecule has 2 nitrogen and oxygen atoms in total. The Morgan fingerprint density at radius 1 is 1.67 bits per heavy atom. The van der Waals surface area contributed by atoms with E-state index >= 15 is 0 Å². The quantitative estimate of drug-likeness (QED) is 0.467. The van der Waals surface area contributed by atoms with Gasteiger partial charge >= 0.3 is 0 Å². The van der Waals surface area contributed by atoms with Crippen LogP contribution >= 0.6 is 8.20 Å². The fourth-order valence-electron chi connectivity index (χ4n) is 1.73. The topological polar surface area (TPSA) is 24.7 Å². The first-order valence-electron chi connectivity index (χ1n) is 4.18. The molecule has 0 aromatic heterocycles. The standard InChI is InChI=1S/C9H12NOP/c1-12-6-9-4-7-2-3-8(7)5-10(9)11/h2-4,7-8,11H,1,5-6H2/p+1. The average molecular weight is 182 g/mol. The largest absolute Gasteiger partial charge is 0.214 e. The Morgan fingerprint density at radius 2 is 2.50 bits per heavy atom. The molecular weight excluding hydrogens is 169 g/mol. The van der Waals surface area contributed by atoms with Crippen molar-refractivity contribution in [2.75, 3.05) is 12.7 Å². The first-order valence-corrected chi connectivity index (χ1v) is 5.44. The van der Waals surface area contributed by atoms with E-state index in [1.165, 1.54) is 0 Å². The highest BCUT2D eigenvalue weighted by Gasteiger charge is 2.33. The number of rotatable bonds is 2. The molecule has 2 N–H and O–H groups in total. The van der Waals surface area contributed by atoms with Crippen LogP contribution < -0.4 is 5.06 Å². The van der Waals surface area contributed by atoms with E-state index in [1.807, 2.05) is 0 Å². The Kier molecular flexibility index (Phi) is 2.14. The van der Waals surface area contributed by atoms with E-state index in [2.05, 4.69) is 24.5 Å². The minimum Gasteiger partial charge on any atom is -0.214 e. The van der Waals surface area contributed by atoms with Crippen molar-refractivity contribution in [2.24, 2.45) is 11.8 Å². The van der Waals surface area contributed by atoms with Gasteiger partial charge in [-0.3, -0.25) is 0 Å². The predicted octanol–water partition coefficient (Wildman–Crippen LogP) is 0.338. The lowest BCUT2D eigenvalue weighted by Gasteiger charge is -2.32. The van der Waals surface area contributed by atoms with Gasteiger partial charge < -0.3 is 0 Å². The van der Waals surface area contributed by atoms with Crippen molar-refractivity contribution in [3.63, 3.8) is 0 Å². The van der Waals surface area contributed by atoms with Gasteiger partial charge in [0.25, 0.3) is 0 Å². The van der Waals surface area contributed by atoms with Crippen molar-refractivity contribution >= 4 is 14.5 Å². The first-order chi connectivity index (χ1) is 5.81. The molecule has 3 atom stereocenters. The summed E-state index contributed by atoms with van der Waals surface area (Å²) in [4.78, 5) is 0. The van der Waals surface area contributed by atoms with Crippen LogP contribution in [0.5, 0.6) is 0 Å². The third-order valence-corrected chi connectivity index (χ3v) is 3.11. The highest BCUT2D eigenvalue weighted by Crippen LogP contribution is 2.28. The highest BCUT2D eigenvalue weighted by molar-refractivity contribution is 7.36. The molecule has 64 valence electrons. The number of fused-ring (bicyclic) bond motifs is 1. The van der Waals surface area contributed by atoms with Crippen molar-refractivity contribution in [1.29, 1.82) is 0 Å². The molecule has 0 saturated carbocycles. The summed E-state index contributed by atoms with van der Waals surface area (Å²) in [6, 6.07) is 0. The van der Waals surface area contributed by atoms with Gasteiger partial charge in [0.2, 0.25) is 0 Å². The second-order valence-electron chi connectivity index (χ2n) is 3.35. The molecule has 0 spiro atoms. The molecule has 3 heteroatoms. The molecule has 3 unspecified atom stereocenters. The van der Waals surface area contributed by atoms with E-state index in [0.717, 1.165) is 26.6 Å². The number of allylic oxidation sites excluding steroid dienone is 3. The van der Waals surface area contributed by atoms with Crippen molar-refractivity contribution in [2.45, 2.75) is 0 Å². The first kappa shape index (κ1) is 8.18. The maximum atomic E-state index is 9.60. The number of hydrogen-bond donors (Lipinski definition) is 2.